The van der Waals surface area contributed by atoms with E-state index in [2.05, 4.69) is 62.0 Å². The van der Waals surface area contributed by atoms with Gasteiger partial charge in [-0.1, -0.05) is 76.2 Å². The number of imidazole rings is 2. The highest BCUT2D eigenvalue weighted by molar-refractivity contribution is 5.87. The van der Waals surface area contributed by atoms with E-state index in [1.54, 1.807) is 17.3 Å². The first kappa shape index (κ1) is 39.0. The zero-order valence-corrected chi connectivity index (χ0v) is 32.6. The highest BCUT2D eigenvalue weighted by Gasteiger charge is 2.46. The molecule has 6 rings (SSSR count). The van der Waals surface area contributed by atoms with Crippen LogP contribution in [0.1, 0.15) is 78.0 Å². The van der Waals surface area contributed by atoms with Crippen molar-refractivity contribution in [2.75, 3.05) is 27.3 Å². The Balaban J connectivity index is 1.12. The number of hydrogen-bond donors (Lipinski definition) is 4. The van der Waals surface area contributed by atoms with E-state index in [9.17, 15) is 19.2 Å². The molecule has 4 aromatic rings. The third-order valence-corrected chi connectivity index (χ3v) is 10.9. The minimum Gasteiger partial charge on any atom is -0.453 e. The van der Waals surface area contributed by atoms with E-state index in [1.807, 2.05) is 51.7 Å². The zero-order valence-electron chi connectivity index (χ0n) is 32.6. The topological polar surface area (TPSA) is 175 Å². The maximum atomic E-state index is 13.7. The molecule has 0 aliphatic carbocycles. The highest BCUT2D eigenvalue weighted by atomic mass is 16.5. The third kappa shape index (κ3) is 8.08. The summed E-state index contributed by atoms with van der Waals surface area (Å²) in [6.45, 7) is 10.8. The molecule has 2 fully saturated rings. The monoisotopic (exact) mass is 752 g/mol. The molecular formula is C41H52N8O6. The van der Waals surface area contributed by atoms with Crippen LogP contribution in [0.3, 0.4) is 0 Å². The molecule has 0 bridgehead atoms. The molecule has 2 aromatic heterocycles. The second-order valence-electron chi connectivity index (χ2n) is 15.3. The fourth-order valence-corrected chi connectivity index (χ4v) is 7.70. The van der Waals surface area contributed by atoms with Crippen LogP contribution in [0.15, 0.2) is 60.9 Å². The Hall–Kier alpha value is -5.66. The fourth-order valence-electron chi connectivity index (χ4n) is 7.70. The first-order chi connectivity index (χ1) is 26.3. The van der Waals surface area contributed by atoms with Crippen molar-refractivity contribution < 1.29 is 28.7 Å². The van der Waals surface area contributed by atoms with Crippen LogP contribution in [0.4, 0.5) is 9.59 Å². The number of nitrogens with zero attached hydrogens (tertiary/aromatic N) is 4. The van der Waals surface area contributed by atoms with Crippen molar-refractivity contribution in [1.29, 1.82) is 0 Å². The molecule has 4 heterocycles. The van der Waals surface area contributed by atoms with E-state index in [-0.39, 0.29) is 29.7 Å². The SMILES string of the molecule is COC(=O)NC(C(=O)N1CCC[C@H]1c1ncc(-c2ccc(-c3ccc(-c4cnc([C@]5(C)CCCN5C(=O)[C@@H](NC(=O)OC)C(C)C)[nH]4)cc3)cc2)[nH]1)C(C)C. The Kier molecular flexibility index (Phi) is 11.6. The zero-order chi connectivity index (χ0) is 39.4. The number of ether oxygens (including phenoxy) is 2. The van der Waals surface area contributed by atoms with E-state index < -0.39 is 29.8 Å². The number of rotatable bonds is 11. The number of carbonyl (C=O) groups excluding carboxylic acids is 4. The summed E-state index contributed by atoms with van der Waals surface area (Å²) in [4.78, 5) is 71.2. The number of alkyl carbamates (subject to hydrolysis) is 2. The second kappa shape index (κ2) is 16.4. The normalized spacial score (nSPS) is 19.4. The average molecular weight is 753 g/mol. The molecule has 2 aromatic carbocycles. The largest absolute Gasteiger partial charge is 0.453 e. The lowest BCUT2D eigenvalue weighted by Gasteiger charge is -2.37. The highest BCUT2D eigenvalue weighted by Crippen LogP contribution is 2.39. The Morgan fingerprint density at radius 3 is 1.78 bits per heavy atom. The summed E-state index contributed by atoms with van der Waals surface area (Å²) in [5.74, 6) is 0.910. The smallest absolute Gasteiger partial charge is 0.407 e. The lowest BCUT2D eigenvalue weighted by Crippen LogP contribution is -2.55. The lowest BCUT2D eigenvalue weighted by molar-refractivity contribution is -0.138. The number of H-pyrrole nitrogens is 2. The van der Waals surface area contributed by atoms with Crippen LogP contribution < -0.4 is 10.6 Å². The number of methoxy groups -OCH3 is 2. The summed E-state index contributed by atoms with van der Waals surface area (Å²) < 4.78 is 9.53. The van der Waals surface area contributed by atoms with E-state index >= 15 is 0 Å². The van der Waals surface area contributed by atoms with Crippen molar-refractivity contribution in [3.63, 3.8) is 0 Å². The number of aromatic amines is 2. The van der Waals surface area contributed by atoms with Crippen LogP contribution in [0.2, 0.25) is 0 Å². The van der Waals surface area contributed by atoms with Gasteiger partial charge in [-0.2, -0.15) is 0 Å². The van der Waals surface area contributed by atoms with Gasteiger partial charge in [-0.3, -0.25) is 9.59 Å². The Bertz CT molecular complexity index is 1990. The van der Waals surface area contributed by atoms with Gasteiger partial charge in [-0.25, -0.2) is 19.6 Å². The average Bonchev–Trinajstić information content (AvgIpc) is 4.02. The van der Waals surface area contributed by atoms with Crippen molar-refractivity contribution in [3.05, 3.63) is 72.6 Å². The van der Waals surface area contributed by atoms with E-state index in [0.29, 0.717) is 18.9 Å². The summed E-state index contributed by atoms with van der Waals surface area (Å²) in [5.41, 5.74) is 5.11. The molecule has 1 unspecified atom stereocenters. The van der Waals surface area contributed by atoms with Crippen LogP contribution in [0.5, 0.6) is 0 Å². The molecule has 2 aliphatic heterocycles. The molecule has 0 saturated carbocycles. The number of hydrogen-bond acceptors (Lipinski definition) is 8. The number of amides is 4. The molecule has 14 heteroatoms. The standard InChI is InChI=1S/C41H52N8O6/c1-24(2)33(46-39(52)54-6)36(50)48-20-8-10-32(48)35-42-22-30(44-35)28-15-11-26(12-16-28)27-13-17-29(18-14-27)31-23-43-38(45-31)41(5)19-9-21-49(41)37(51)34(25(3)4)47-40(53)55-7/h11-18,22-25,32-34H,8-10,19-21H2,1-7H3,(H,42,44)(H,43,45)(H,46,52)(H,47,53)/t32-,33?,34-,41-/m0/s1. The van der Waals surface area contributed by atoms with Crippen molar-refractivity contribution in [3.8, 4) is 33.6 Å². The molecule has 55 heavy (non-hydrogen) atoms. The summed E-state index contributed by atoms with van der Waals surface area (Å²) in [7, 11) is 2.58. The summed E-state index contributed by atoms with van der Waals surface area (Å²) >= 11 is 0. The van der Waals surface area contributed by atoms with E-state index in [0.717, 1.165) is 65.1 Å². The molecule has 2 aliphatic rings. The maximum absolute atomic E-state index is 13.7. The predicted octanol–water partition coefficient (Wildman–Crippen LogP) is 6.40. The van der Waals surface area contributed by atoms with Gasteiger partial charge in [0.25, 0.3) is 0 Å². The van der Waals surface area contributed by atoms with Crippen molar-refractivity contribution in [1.82, 2.24) is 40.4 Å². The number of aromatic nitrogens is 4. The van der Waals surface area contributed by atoms with Crippen LogP contribution in [-0.2, 0) is 24.6 Å². The minimum atomic E-state index is -0.708. The van der Waals surface area contributed by atoms with Gasteiger partial charge in [-0.05, 0) is 66.7 Å². The lowest BCUT2D eigenvalue weighted by atomic mass is 9.95. The fraction of sp³-hybridized carbons (Fsp3) is 0.463. The molecular weight excluding hydrogens is 701 g/mol. The van der Waals surface area contributed by atoms with Crippen LogP contribution in [0, 0.1) is 11.8 Å². The summed E-state index contributed by atoms with van der Waals surface area (Å²) in [6, 6.07) is 14.9. The van der Waals surface area contributed by atoms with Gasteiger partial charge in [-0.15, -0.1) is 0 Å². The predicted molar refractivity (Wildman–Crippen MR) is 207 cm³/mol. The van der Waals surface area contributed by atoms with E-state index in [1.165, 1.54) is 14.2 Å². The Labute approximate surface area is 321 Å². The van der Waals surface area contributed by atoms with Gasteiger partial charge in [0.1, 0.15) is 23.7 Å². The van der Waals surface area contributed by atoms with Crippen LogP contribution in [0.25, 0.3) is 33.6 Å². The first-order valence-corrected chi connectivity index (χ1v) is 19.0. The van der Waals surface area contributed by atoms with Gasteiger partial charge in [0.15, 0.2) is 0 Å². The van der Waals surface area contributed by atoms with E-state index in [4.69, 9.17) is 14.5 Å². The summed E-state index contributed by atoms with van der Waals surface area (Å²) in [5, 5.41) is 5.40. The molecule has 14 nitrogen and oxygen atoms in total. The van der Waals surface area contributed by atoms with Gasteiger partial charge >= 0.3 is 12.2 Å². The van der Waals surface area contributed by atoms with Crippen molar-refractivity contribution in [2.45, 2.75) is 84.0 Å². The molecule has 4 amide bonds. The molecule has 292 valence electrons. The van der Waals surface area contributed by atoms with Crippen LogP contribution >= 0.6 is 0 Å². The van der Waals surface area contributed by atoms with Gasteiger partial charge < -0.3 is 39.9 Å². The minimum absolute atomic E-state index is 0.105. The van der Waals surface area contributed by atoms with Gasteiger partial charge in [0, 0.05) is 13.1 Å². The number of carbonyl (C=O) groups is 4. The molecule has 0 radical (unpaired) electrons. The van der Waals surface area contributed by atoms with Gasteiger partial charge in [0.2, 0.25) is 11.8 Å². The quantitative estimate of drug-likeness (QED) is 0.136. The second-order valence-corrected chi connectivity index (χ2v) is 15.3. The Morgan fingerprint density at radius 2 is 1.24 bits per heavy atom. The molecule has 2 saturated heterocycles. The Morgan fingerprint density at radius 1 is 0.727 bits per heavy atom. The first-order valence-electron chi connectivity index (χ1n) is 19.0. The van der Waals surface area contributed by atoms with Gasteiger partial charge in [0.05, 0.1) is 49.6 Å². The number of benzene rings is 2. The third-order valence-electron chi connectivity index (χ3n) is 10.9. The van der Waals surface area contributed by atoms with Crippen molar-refractivity contribution in [2.24, 2.45) is 11.8 Å². The molecule has 0 spiro atoms. The van der Waals surface area contributed by atoms with Crippen LogP contribution in [-0.4, -0.2) is 93.1 Å². The summed E-state index contributed by atoms with van der Waals surface area (Å²) in [6.07, 6.45) is 5.55. The maximum Gasteiger partial charge on any atom is 0.407 e. The molecule has 4 atom stereocenters. The van der Waals surface area contributed by atoms with Crippen molar-refractivity contribution >= 4 is 24.0 Å². The molecule has 4 N–H and O–H groups in total. The number of nitrogens with one attached hydrogen (secondary N) is 4. The number of likely N-dealkylation sites (tertiary alicyclic amines) is 2.